The summed E-state index contributed by atoms with van der Waals surface area (Å²) in [6, 6.07) is 5.58. The molecule has 1 aliphatic heterocycles. The molecule has 0 radical (unpaired) electrons. The first-order valence-corrected chi connectivity index (χ1v) is 5.23. The van der Waals surface area contributed by atoms with Crippen molar-refractivity contribution < 1.29 is 9.84 Å². The molecule has 0 saturated carbocycles. The molecule has 2 unspecified atom stereocenters. The number of pyridine rings is 1. The zero-order valence-corrected chi connectivity index (χ0v) is 8.81. The maximum Gasteiger partial charge on any atom is 0.213 e. The van der Waals surface area contributed by atoms with Crippen molar-refractivity contribution in [2.75, 3.05) is 13.7 Å². The molecular formula is C11H16N2O2. The minimum absolute atomic E-state index is 0.129. The molecule has 2 N–H and O–H groups in total. The Morgan fingerprint density at radius 2 is 2.47 bits per heavy atom. The van der Waals surface area contributed by atoms with E-state index in [0.29, 0.717) is 11.6 Å². The first-order chi connectivity index (χ1) is 7.31. The monoisotopic (exact) mass is 208 g/mol. The third kappa shape index (κ3) is 2.27. The van der Waals surface area contributed by atoms with Gasteiger partial charge in [-0.2, -0.15) is 0 Å². The fourth-order valence-electron chi connectivity index (χ4n) is 1.90. The average Bonchev–Trinajstić information content (AvgIpc) is 2.81. The minimum atomic E-state index is -0.539. The Balaban J connectivity index is 2.13. The van der Waals surface area contributed by atoms with Gasteiger partial charge >= 0.3 is 0 Å². The van der Waals surface area contributed by atoms with Gasteiger partial charge in [0.1, 0.15) is 6.10 Å². The quantitative estimate of drug-likeness (QED) is 0.774. The highest BCUT2D eigenvalue weighted by molar-refractivity contribution is 5.18. The maximum atomic E-state index is 10.1. The highest BCUT2D eigenvalue weighted by Crippen LogP contribution is 2.22. The van der Waals surface area contributed by atoms with E-state index in [1.807, 2.05) is 12.1 Å². The molecule has 1 fully saturated rings. The normalized spacial score (nSPS) is 22.7. The second-order valence-corrected chi connectivity index (χ2v) is 3.75. The summed E-state index contributed by atoms with van der Waals surface area (Å²) < 4.78 is 5.03. The summed E-state index contributed by atoms with van der Waals surface area (Å²) in [6.07, 6.45) is 1.58. The molecule has 1 saturated heterocycles. The number of hydrogen-bond acceptors (Lipinski definition) is 4. The molecule has 0 bridgehead atoms. The van der Waals surface area contributed by atoms with Crippen LogP contribution in [0.2, 0.25) is 0 Å². The van der Waals surface area contributed by atoms with Crippen molar-refractivity contribution >= 4 is 0 Å². The van der Waals surface area contributed by atoms with Crippen LogP contribution in [-0.4, -0.2) is 29.8 Å². The van der Waals surface area contributed by atoms with Crippen molar-refractivity contribution in [3.8, 4) is 5.88 Å². The van der Waals surface area contributed by atoms with Crippen LogP contribution in [0.4, 0.5) is 0 Å². The Morgan fingerprint density at radius 1 is 1.60 bits per heavy atom. The number of hydrogen-bond donors (Lipinski definition) is 2. The van der Waals surface area contributed by atoms with Crippen molar-refractivity contribution in [1.82, 2.24) is 10.3 Å². The van der Waals surface area contributed by atoms with Crippen molar-refractivity contribution in [3.05, 3.63) is 23.9 Å². The van der Waals surface area contributed by atoms with Gasteiger partial charge in [-0.25, -0.2) is 4.98 Å². The molecule has 4 heteroatoms. The standard InChI is InChI=1S/C11H16N2O2/c1-15-10-6-2-4-9(13-10)11(14)8-5-3-7-12-8/h2,4,6,8,11-12,14H,3,5,7H2,1H3. The Labute approximate surface area is 89.3 Å². The lowest BCUT2D eigenvalue weighted by atomic mass is 10.1. The SMILES string of the molecule is COc1cccc(C(O)C2CCCN2)n1. The molecule has 0 spiro atoms. The summed E-state index contributed by atoms with van der Waals surface area (Å²) >= 11 is 0. The van der Waals surface area contributed by atoms with Crippen LogP contribution in [0, 0.1) is 0 Å². The number of rotatable bonds is 3. The second kappa shape index (κ2) is 4.59. The topological polar surface area (TPSA) is 54.4 Å². The third-order valence-corrected chi connectivity index (χ3v) is 2.74. The van der Waals surface area contributed by atoms with Gasteiger partial charge in [0.2, 0.25) is 5.88 Å². The van der Waals surface area contributed by atoms with Crippen molar-refractivity contribution in [2.45, 2.75) is 25.0 Å². The lowest BCUT2D eigenvalue weighted by Gasteiger charge is -2.17. The average molecular weight is 208 g/mol. The van der Waals surface area contributed by atoms with E-state index in [2.05, 4.69) is 10.3 Å². The first-order valence-electron chi connectivity index (χ1n) is 5.23. The van der Waals surface area contributed by atoms with Gasteiger partial charge in [0.25, 0.3) is 0 Å². The van der Waals surface area contributed by atoms with E-state index in [0.717, 1.165) is 19.4 Å². The molecule has 0 aromatic carbocycles. The Bertz CT molecular complexity index is 324. The van der Waals surface area contributed by atoms with Crippen LogP contribution in [0.15, 0.2) is 18.2 Å². The number of methoxy groups -OCH3 is 1. The predicted octanol–water partition coefficient (Wildman–Crippen LogP) is 0.876. The van der Waals surface area contributed by atoms with E-state index in [9.17, 15) is 5.11 Å². The van der Waals surface area contributed by atoms with Crippen LogP contribution in [-0.2, 0) is 0 Å². The first kappa shape index (κ1) is 10.4. The Morgan fingerprint density at radius 3 is 3.13 bits per heavy atom. The van der Waals surface area contributed by atoms with Gasteiger partial charge < -0.3 is 15.2 Å². The molecule has 15 heavy (non-hydrogen) atoms. The summed E-state index contributed by atoms with van der Waals surface area (Å²) in [6.45, 7) is 0.978. The van der Waals surface area contributed by atoms with Crippen LogP contribution >= 0.6 is 0 Å². The predicted molar refractivity (Wildman–Crippen MR) is 56.8 cm³/mol. The van der Waals surface area contributed by atoms with Gasteiger partial charge in [0.05, 0.1) is 12.8 Å². The van der Waals surface area contributed by atoms with E-state index in [1.54, 1.807) is 13.2 Å². The zero-order chi connectivity index (χ0) is 10.7. The number of nitrogens with zero attached hydrogens (tertiary/aromatic N) is 1. The summed E-state index contributed by atoms with van der Waals surface area (Å²) in [4.78, 5) is 4.22. The van der Waals surface area contributed by atoms with E-state index in [1.165, 1.54) is 0 Å². The van der Waals surface area contributed by atoms with Gasteiger partial charge in [-0.15, -0.1) is 0 Å². The fraction of sp³-hybridized carbons (Fsp3) is 0.545. The van der Waals surface area contributed by atoms with E-state index < -0.39 is 6.10 Å². The van der Waals surface area contributed by atoms with Crippen LogP contribution < -0.4 is 10.1 Å². The number of aromatic nitrogens is 1. The lowest BCUT2D eigenvalue weighted by molar-refractivity contribution is 0.132. The largest absolute Gasteiger partial charge is 0.481 e. The minimum Gasteiger partial charge on any atom is -0.481 e. The highest BCUT2D eigenvalue weighted by atomic mass is 16.5. The molecule has 4 nitrogen and oxygen atoms in total. The molecule has 0 amide bonds. The zero-order valence-electron chi connectivity index (χ0n) is 8.81. The van der Waals surface area contributed by atoms with E-state index in [-0.39, 0.29) is 6.04 Å². The summed E-state index contributed by atoms with van der Waals surface area (Å²) in [5.41, 5.74) is 0.675. The molecule has 1 aliphatic rings. The summed E-state index contributed by atoms with van der Waals surface area (Å²) in [5, 5.41) is 13.3. The van der Waals surface area contributed by atoms with E-state index in [4.69, 9.17) is 4.74 Å². The molecule has 2 heterocycles. The van der Waals surface area contributed by atoms with Crippen LogP contribution in [0.3, 0.4) is 0 Å². The Kier molecular flexibility index (Phi) is 3.18. The van der Waals surface area contributed by atoms with Crippen molar-refractivity contribution in [2.24, 2.45) is 0 Å². The van der Waals surface area contributed by atoms with Gasteiger partial charge in [0, 0.05) is 12.1 Å². The van der Waals surface area contributed by atoms with Gasteiger partial charge in [-0.05, 0) is 25.5 Å². The van der Waals surface area contributed by atoms with Gasteiger partial charge in [-0.3, -0.25) is 0 Å². The molecule has 2 rings (SSSR count). The van der Waals surface area contributed by atoms with Crippen LogP contribution in [0.1, 0.15) is 24.6 Å². The number of aliphatic hydroxyl groups excluding tert-OH is 1. The van der Waals surface area contributed by atoms with Crippen molar-refractivity contribution in [3.63, 3.8) is 0 Å². The number of ether oxygens (including phenoxy) is 1. The number of aliphatic hydroxyl groups is 1. The highest BCUT2D eigenvalue weighted by Gasteiger charge is 2.24. The molecule has 82 valence electrons. The molecule has 2 atom stereocenters. The van der Waals surface area contributed by atoms with Gasteiger partial charge in [-0.1, -0.05) is 6.07 Å². The smallest absolute Gasteiger partial charge is 0.213 e. The summed E-state index contributed by atoms with van der Waals surface area (Å²) in [5.74, 6) is 0.546. The van der Waals surface area contributed by atoms with Crippen LogP contribution in [0.5, 0.6) is 5.88 Å². The molecule has 0 aliphatic carbocycles. The Hall–Kier alpha value is -1.13. The third-order valence-electron chi connectivity index (χ3n) is 2.74. The van der Waals surface area contributed by atoms with Crippen molar-refractivity contribution in [1.29, 1.82) is 0 Å². The number of nitrogens with one attached hydrogen (secondary N) is 1. The van der Waals surface area contributed by atoms with E-state index >= 15 is 0 Å². The maximum absolute atomic E-state index is 10.1. The fourth-order valence-corrected chi connectivity index (χ4v) is 1.90. The second-order valence-electron chi connectivity index (χ2n) is 3.75. The molecule has 1 aromatic heterocycles. The lowest BCUT2D eigenvalue weighted by Crippen LogP contribution is -2.29. The van der Waals surface area contributed by atoms with Gasteiger partial charge in [0.15, 0.2) is 0 Å². The molecular weight excluding hydrogens is 192 g/mol. The summed E-state index contributed by atoms with van der Waals surface area (Å²) in [7, 11) is 1.58. The molecule has 1 aromatic rings. The van der Waals surface area contributed by atoms with Crippen LogP contribution in [0.25, 0.3) is 0 Å².